The first-order chi connectivity index (χ1) is 13.4. The third kappa shape index (κ3) is 3.32. The molecule has 0 unspecified atom stereocenters. The number of ether oxygens (including phenoxy) is 2. The molecule has 4 rings (SSSR count). The highest BCUT2D eigenvalue weighted by atomic mass is 35.5. The molecule has 140 valence electrons. The topological polar surface area (TPSA) is 65.7 Å². The van der Waals surface area contributed by atoms with Crippen molar-refractivity contribution in [3.63, 3.8) is 0 Å². The zero-order valence-electron chi connectivity index (χ0n) is 15.1. The maximum absolute atomic E-state index is 12.6. The third-order valence-corrected chi connectivity index (χ3v) is 4.57. The number of halogens is 1. The van der Waals surface area contributed by atoms with Crippen molar-refractivity contribution in [3.05, 3.63) is 87.5 Å². The molecule has 0 saturated carbocycles. The lowest BCUT2D eigenvalue weighted by molar-refractivity contribution is 0.0733. The zero-order chi connectivity index (χ0) is 19.8. The van der Waals surface area contributed by atoms with Gasteiger partial charge in [0.25, 0.3) is 0 Å². The lowest BCUT2D eigenvalue weighted by Crippen LogP contribution is -2.09. The Balaban J connectivity index is 1.62. The van der Waals surface area contributed by atoms with Crippen molar-refractivity contribution in [2.24, 2.45) is 0 Å². The van der Waals surface area contributed by atoms with Crippen molar-refractivity contribution in [1.29, 1.82) is 0 Å². The van der Waals surface area contributed by atoms with Gasteiger partial charge >= 0.3 is 5.97 Å². The highest BCUT2D eigenvalue weighted by molar-refractivity contribution is 6.30. The van der Waals surface area contributed by atoms with Gasteiger partial charge in [-0.3, -0.25) is 4.79 Å². The summed E-state index contributed by atoms with van der Waals surface area (Å²) in [7, 11) is 0. The van der Waals surface area contributed by atoms with Gasteiger partial charge in [0, 0.05) is 16.7 Å². The van der Waals surface area contributed by atoms with Crippen LogP contribution in [-0.4, -0.2) is 11.8 Å². The maximum atomic E-state index is 12.6. The standard InChI is InChI=1S/C22H15ClO5/c1-12-6-7-16(26-12)11-19-20(24)17-8-9-18(13(2)21(17)27-19)28-22(25)14-4-3-5-15(23)10-14/h3-11H,1-2H3/b19-11-. The molecule has 1 aromatic heterocycles. The predicted molar refractivity (Wildman–Crippen MR) is 104 cm³/mol. The lowest BCUT2D eigenvalue weighted by atomic mass is 10.1. The molecule has 0 amide bonds. The molecule has 3 aromatic rings. The number of aryl methyl sites for hydroxylation is 1. The highest BCUT2D eigenvalue weighted by Crippen LogP contribution is 2.39. The van der Waals surface area contributed by atoms with Crippen LogP contribution in [0.3, 0.4) is 0 Å². The molecule has 0 saturated heterocycles. The van der Waals surface area contributed by atoms with Crippen LogP contribution in [-0.2, 0) is 0 Å². The molecule has 1 aliphatic heterocycles. The van der Waals surface area contributed by atoms with Crippen molar-refractivity contribution in [2.75, 3.05) is 0 Å². The largest absolute Gasteiger partial charge is 0.462 e. The van der Waals surface area contributed by atoms with E-state index in [9.17, 15) is 9.59 Å². The number of carbonyl (C=O) groups excluding carboxylic acids is 2. The Kier molecular flexibility index (Phi) is 4.53. The molecule has 0 radical (unpaired) electrons. The molecule has 2 heterocycles. The average Bonchev–Trinajstić information content (AvgIpc) is 3.22. The van der Waals surface area contributed by atoms with E-state index in [0.29, 0.717) is 39.0 Å². The van der Waals surface area contributed by atoms with Crippen LogP contribution in [0.4, 0.5) is 0 Å². The Morgan fingerprint density at radius 3 is 2.64 bits per heavy atom. The quantitative estimate of drug-likeness (QED) is 0.338. The molecule has 0 spiro atoms. The van der Waals surface area contributed by atoms with E-state index in [4.69, 9.17) is 25.5 Å². The molecule has 1 aliphatic rings. The van der Waals surface area contributed by atoms with Crippen LogP contribution in [0.2, 0.25) is 5.02 Å². The first-order valence-corrected chi connectivity index (χ1v) is 8.92. The van der Waals surface area contributed by atoms with Crippen LogP contribution in [0.25, 0.3) is 6.08 Å². The number of hydrogen-bond acceptors (Lipinski definition) is 5. The van der Waals surface area contributed by atoms with E-state index in [0.717, 1.165) is 5.76 Å². The minimum absolute atomic E-state index is 0.158. The van der Waals surface area contributed by atoms with Crippen LogP contribution in [0.5, 0.6) is 11.5 Å². The molecule has 2 aromatic carbocycles. The van der Waals surface area contributed by atoms with Crippen LogP contribution in [0.1, 0.15) is 37.8 Å². The SMILES string of the molecule is Cc1ccc(/C=C2\Oc3c(ccc(OC(=O)c4cccc(Cl)c4)c3C)C2=O)o1. The number of ketones is 1. The van der Waals surface area contributed by atoms with Gasteiger partial charge in [-0.25, -0.2) is 4.79 Å². The van der Waals surface area contributed by atoms with Gasteiger partial charge in [-0.05, 0) is 56.3 Å². The molecular formula is C22H15ClO5. The number of Topliss-reactive ketones (excluding diaryl/α,β-unsaturated/α-hetero) is 1. The predicted octanol–water partition coefficient (Wildman–Crippen LogP) is 5.39. The summed E-state index contributed by atoms with van der Waals surface area (Å²) < 4.78 is 16.7. The smallest absolute Gasteiger partial charge is 0.343 e. The first kappa shape index (κ1) is 18.1. The van der Waals surface area contributed by atoms with Crippen molar-refractivity contribution in [2.45, 2.75) is 13.8 Å². The Hall–Kier alpha value is -3.31. The van der Waals surface area contributed by atoms with Crippen LogP contribution in [0, 0.1) is 13.8 Å². The molecule has 0 N–H and O–H groups in total. The second-order valence-electron chi connectivity index (χ2n) is 6.35. The van der Waals surface area contributed by atoms with E-state index < -0.39 is 5.97 Å². The number of benzene rings is 2. The monoisotopic (exact) mass is 394 g/mol. The first-order valence-electron chi connectivity index (χ1n) is 8.54. The fourth-order valence-corrected chi connectivity index (χ4v) is 3.10. The number of esters is 1. The Morgan fingerprint density at radius 1 is 1.11 bits per heavy atom. The number of furan rings is 1. The molecule has 6 heteroatoms. The minimum Gasteiger partial charge on any atom is -0.462 e. The van der Waals surface area contributed by atoms with E-state index in [1.807, 2.05) is 6.92 Å². The molecule has 0 aliphatic carbocycles. The van der Waals surface area contributed by atoms with Gasteiger partial charge in [-0.2, -0.15) is 0 Å². The maximum Gasteiger partial charge on any atom is 0.343 e. The number of allylic oxidation sites excluding steroid dienone is 1. The van der Waals surface area contributed by atoms with E-state index in [2.05, 4.69) is 0 Å². The summed E-state index contributed by atoms with van der Waals surface area (Å²) in [6.07, 6.45) is 1.55. The van der Waals surface area contributed by atoms with Gasteiger partial charge in [0.1, 0.15) is 23.0 Å². The minimum atomic E-state index is -0.545. The molecule has 0 atom stereocenters. The fourth-order valence-electron chi connectivity index (χ4n) is 2.91. The lowest BCUT2D eigenvalue weighted by Gasteiger charge is -2.10. The van der Waals surface area contributed by atoms with Crippen LogP contribution >= 0.6 is 11.6 Å². The summed E-state index contributed by atoms with van der Waals surface area (Å²) in [6, 6.07) is 13.2. The fraction of sp³-hybridized carbons (Fsp3) is 0.0909. The van der Waals surface area contributed by atoms with Gasteiger partial charge in [0.05, 0.1) is 11.1 Å². The summed E-state index contributed by atoms with van der Waals surface area (Å²) in [5, 5.41) is 0.442. The summed E-state index contributed by atoms with van der Waals surface area (Å²) >= 11 is 5.92. The van der Waals surface area contributed by atoms with Crippen LogP contribution in [0.15, 0.2) is 58.7 Å². The van der Waals surface area contributed by atoms with Gasteiger partial charge < -0.3 is 13.9 Å². The second kappa shape index (κ2) is 7.02. The van der Waals surface area contributed by atoms with E-state index in [1.54, 1.807) is 55.5 Å². The van der Waals surface area contributed by atoms with Gasteiger partial charge in [0.2, 0.25) is 5.78 Å². The number of fused-ring (bicyclic) bond motifs is 1. The molecule has 28 heavy (non-hydrogen) atoms. The highest BCUT2D eigenvalue weighted by Gasteiger charge is 2.31. The van der Waals surface area contributed by atoms with Crippen molar-refractivity contribution in [1.82, 2.24) is 0 Å². The van der Waals surface area contributed by atoms with Gasteiger partial charge in [-0.15, -0.1) is 0 Å². The third-order valence-electron chi connectivity index (χ3n) is 4.33. The summed E-state index contributed by atoms with van der Waals surface area (Å²) in [5.74, 6) is 1.31. The van der Waals surface area contributed by atoms with Gasteiger partial charge in [-0.1, -0.05) is 17.7 Å². The number of carbonyl (C=O) groups is 2. The molecular weight excluding hydrogens is 380 g/mol. The van der Waals surface area contributed by atoms with Crippen molar-refractivity contribution >= 4 is 29.4 Å². The molecule has 0 fully saturated rings. The van der Waals surface area contributed by atoms with E-state index in [1.165, 1.54) is 6.07 Å². The average molecular weight is 395 g/mol. The molecule has 5 nitrogen and oxygen atoms in total. The Labute approximate surface area is 166 Å². The molecule has 0 bridgehead atoms. The zero-order valence-corrected chi connectivity index (χ0v) is 15.9. The van der Waals surface area contributed by atoms with Crippen molar-refractivity contribution in [3.8, 4) is 11.5 Å². The van der Waals surface area contributed by atoms with E-state index >= 15 is 0 Å². The number of rotatable bonds is 3. The van der Waals surface area contributed by atoms with Crippen LogP contribution < -0.4 is 9.47 Å². The van der Waals surface area contributed by atoms with E-state index in [-0.39, 0.29) is 11.5 Å². The normalized spacial score (nSPS) is 14.1. The summed E-state index contributed by atoms with van der Waals surface area (Å²) in [5.41, 5.74) is 1.30. The Bertz CT molecular complexity index is 1140. The summed E-state index contributed by atoms with van der Waals surface area (Å²) in [4.78, 5) is 25.0. The number of hydrogen-bond donors (Lipinski definition) is 0. The van der Waals surface area contributed by atoms with Crippen molar-refractivity contribution < 1.29 is 23.5 Å². The summed E-state index contributed by atoms with van der Waals surface area (Å²) in [6.45, 7) is 3.55. The second-order valence-corrected chi connectivity index (χ2v) is 6.79. The van der Waals surface area contributed by atoms with Gasteiger partial charge in [0.15, 0.2) is 5.76 Å². The Morgan fingerprint density at radius 2 is 1.93 bits per heavy atom.